The van der Waals surface area contributed by atoms with E-state index in [2.05, 4.69) is 10.3 Å². The average molecular weight is 236 g/mol. The van der Waals surface area contributed by atoms with Crippen LogP contribution in [0.1, 0.15) is 25.3 Å². The molecule has 1 atom stereocenters. The van der Waals surface area contributed by atoms with Crippen LogP contribution < -0.4 is 5.32 Å². The van der Waals surface area contributed by atoms with Crippen LogP contribution >= 0.6 is 0 Å². The monoisotopic (exact) mass is 236 g/mol. The lowest BCUT2D eigenvalue weighted by atomic mass is 10.1. The Morgan fingerprint density at radius 2 is 2.41 bits per heavy atom. The zero-order chi connectivity index (χ0) is 12.5. The van der Waals surface area contributed by atoms with E-state index in [0.717, 1.165) is 18.4 Å². The third-order valence-corrected chi connectivity index (χ3v) is 2.59. The Kier molecular flexibility index (Phi) is 6.25. The van der Waals surface area contributed by atoms with Crippen LogP contribution in [0.25, 0.3) is 0 Å². The molecule has 0 aliphatic heterocycles. The van der Waals surface area contributed by atoms with Crippen LogP contribution in [0.2, 0.25) is 0 Å². The highest BCUT2D eigenvalue weighted by Crippen LogP contribution is 2.01. The minimum Gasteiger partial charge on any atom is -0.383 e. The number of nitrogens with zero attached hydrogens (tertiary/aromatic N) is 1. The Labute approximate surface area is 102 Å². The smallest absolute Gasteiger partial charge is 0.220 e. The number of ether oxygens (including phenoxy) is 1. The summed E-state index contributed by atoms with van der Waals surface area (Å²) in [7, 11) is 1.64. The summed E-state index contributed by atoms with van der Waals surface area (Å²) in [6, 6.07) is 3.97. The van der Waals surface area contributed by atoms with Crippen molar-refractivity contribution in [2.24, 2.45) is 0 Å². The van der Waals surface area contributed by atoms with E-state index in [1.54, 1.807) is 19.5 Å². The minimum absolute atomic E-state index is 0.0674. The number of carbonyl (C=O) groups excluding carboxylic acids is 1. The number of rotatable bonds is 7. The topological polar surface area (TPSA) is 51.2 Å². The van der Waals surface area contributed by atoms with Gasteiger partial charge in [-0.2, -0.15) is 0 Å². The van der Waals surface area contributed by atoms with E-state index < -0.39 is 0 Å². The maximum Gasteiger partial charge on any atom is 0.220 e. The molecule has 0 aliphatic rings. The first-order valence-electron chi connectivity index (χ1n) is 5.93. The van der Waals surface area contributed by atoms with Crippen molar-refractivity contribution in [3.8, 4) is 0 Å². The summed E-state index contributed by atoms with van der Waals surface area (Å²) in [5, 5.41) is 2.95. The number of aromatic nitrogens is 1. The number of aryl methyl sites for hydroxylation is 1. The van der Waals surface area contributed by atoms with Gasteiger partial charge in [-0.05, 0) is 24.5 Å². The van der Waals surface area contributed by atoms with Gasteiger partial charge >= 0.3 is 0 Å². The van der Waals surface area contributed by atoms with Crippen LogP contribution in [0, 0.1) is 0 Å². The van der Waals surface area contributed by atoms with Gasteiger partial charge in [0.15, 0.2) is 0 Å². The largest absolute Gasteiger partial charge is 0.383 e. The third kappa shape index (κ3) is 5.45. The van der Waals surface area contributed by atoms with Crippen molar-refractivity contribution in [1.29, 1.82) is 0 Å². The van der Waals surface area contributed by atoms with Crippen molar-refractivity contribution in [3.05, 3.63) is 30.1 Å². The molecule has 0 saturated carbocycles. The quantitative estimate of drug-likeness (QED) is 0.781. The summed E-state index contributed by atoms with van der Waals surface area (Å²) in [6.45, 7) is 2.60. The van der Waals surface area contributed by atoms with Crippen LogP contribution in [0.4, 0.5) is 0 Å². The van der Waals surface area contributed by atoms with E-state index in [1.165, 1.54) is 0 Å². The molecular formula is C13H20N2O2. The zero-order valence-electron chi connectivity index (χ0n) is 10.5. The molecule has 1 rings (SSSR count). The Morgan fingerprint density at radius 1 is 1.59 bits per heavy atom. The molecule has 0 aromatic carbocycles. The zero-order valence-corrected chi connectivity index (χ0v) is 10.5. The van der Waals surface area contributed by atoms with Crippen molar-refractivity contribution in [3.63, 3.8) is 0 Å². The minimum atomic E-state index is 0.0674. The summed E-state index contributed by atoms with van der Waals surface area (Å²) < 4.78 is 5.03. The molecule has 1 heterocycles. The van der Waals surface area contributed by atoms with Gasteiger partial charge in [-0.15, -0.1) is 0 Å². The van der Waals surface area contributed by atoms with Gasteiger partial charge in [0.05, 0.1) is 12.6 Å². The number of pyridine rings is 1. The fraction of sp³-hybridized carbons (Fsp3) is 0.538. The van der Waals surface area contributed by atoms with Gasteiger partial charge in [-0.1, -0.05) is 13.0 Å². The van der Waals surface area contributed by atoms with Crippen molar-refractivity contribution < 1.29 is 9.53 Å². The molecule has 1 unspecified atom stereocenters. The first kappa shape index (κ1) is 13.6. The predicted molar refractivity (Wildman–Crippen MR) is 66.7 cm³/mol. The molecule has 0 aliphatic carbocycles. The molecule has 0 saturated heterocycles. The van der Waals surface area contributed by atoms with E-state index in [0.29, 0.717) is 13.0 Å². The van der Waals surface area contributed by atoms with E-state index in [1.807, 2.05) is 19.1 Å². The molecule has 17 heavy (non-hydrogen) atoms. The summed E-state index contributed by atoms with van der Waals surface area (Å²) in [5.74, 6) is 0.0674. The second kappa shape index (κ2) is 7.79. The first-order valence-corrected chi connectivity index (χ1v) is 5.93. The van der Waals surface area contributed by atoms with Crippen molar-refractivity contribution >= 4 is 5.91 Å². The molecule has 94 valence electrons. The fourth-order valence-electron chi connectivity index (χ4n) is 1.57. The number of amides is 1. The molecule has 1 amide bonds. The Bertz CT molecular complexity index is 327. The normalized spacial score (nSPS) is 12.1. The molecule has 1 N–H and O–H groups in total. The number of carbonyl (C=O) groups is 1. The van der Waals surface area contributed by atoms with Crippen LogP contribution in [0.3, 0.4) is 0 Å². The number of methoxy groups -OCH3 is 1. The van der Waals surface area contributed by atoms with Gasteiger partial charge < -0.3 is 10.1 Å². The van der Waals surface area contributed by atoms with Gasteiger partial charge in [-0.25, -0.2) is 0 Å². The molecule has 0 bridgehead atoms. The Morgan fingerprint density at radius 3 is 3.00 bits per heavy atom. The lowest BCUT2D eigenvalue weighted by Gasteiger charge is -2.15. The van der Waals surface area contributed by atoms with Crippen molar-refractivity contribution in [2.45, 2.75) is 32.2 Å². The van der Waals surface area contributed by atoms with Crippen molar-refractivity contribution in [2.75, 3.05) is 13.7 Å². The van der Waals surface area contributed by atoms with Gasteiger partial charge in [0, 0.05) is 25.9 Å². The summed E-state index contributed by atoms with van der Waals surface area (Å²) in [5.41, 5.74) is 1.09. The Hall–Kier alpha value is -1.42. The fourth-order valence-corrected chi connectivity index (χ4v) is 1.57. The van der Waals surface area contributed by atoms with Crippen LogP contribution in [-0.4, -0.2) is 30.6 Å². The van der Waals surface area contributed by atoms with Gasteiger partial charge in [0.2, 0.25) is 5.91 Å². The SMILES string of the molecule is CCC(COC)NC(=O)CCc1cccnc1. The summed E-state index contributed by atoms with van der Waals surface area (Å²) in [6.07, 6.45) is 5.62. The lowest BCUT2D eigenvalue weighted by molar-refractivity contribution is -0.122. The molecule has 0 fully saturated rings. The lowest BCUT2D eigenvalue weighted by Crippen LogP contribution is -2.37. The molecule has 4 nitrogen and oxygen atoms in total. The highest BCUT2D eigenvalue weighted by atomic mass is 16.5. The summed E-state index contributed by atoms with van der Waals surface area (Å²) >= 11 is 0. The van der Waals surface area contributed by atoms with E-state index in [4.69, 9.17) is 4.74 Å². The second-order valence-electron chi connectivity index (χ2n) is 3.99. The highest BCUT2D eigenvalue weighted by Gasteiger charge is 2.09. The van der Waals surface area contributed by atoms with Crippen molar-refractivity contribution in [1.82, 2.24) is 10.3 Å². The molecule has 0 radical (unpaired) electrons. The van der Waals surface area contributed by atoms with Gasteiger partial charge in [-0.3, -0.25) is 9.78 Å². The molecular weight excluding hydrogens is 216 g/mol. The van der Waals surface area contributed by atoms with Crippen LogP contribution in [-0.2, 0) is 16.0 Å². The van der Waals surface area contributed by atoms with E-state index in [9.17, 15) is 4.79 Å². The van der Waals surface area contributed by atoms with Gasteiger partial charge in [0.1, 0.15) is 0 Å². The standard InChI is InChI=1S/C13H20N2O2/c1-3-12(10-17-2)15-13(16)7-6-11-5-4-8-14-9-11/h4-5,8-9,12H,3,6-7,10H2,1-2H3,(H,15,16). The van der Waals surface area contributed by atoms with Gasteiger partial charge in [0.25, 0.3) is 0 Å². The first-order chi connectivity index (χ1) is 8.26. The number of nitrogens with one attached hydrogen (secondary N) is 1. The number of hydrogen-bond acceptors (Lipinski definition) is 3. The maximum absolute atomic E-state index is 11.7. The third-order valence-electron chi connectivity index (χ3n) is 2.59. The highest BCUT2D eigenvalue weighted by molar-refractivity contribution is 5.76. The molecule has 4 heteroatoms. The second-order valence-corrected chi connectivity index (χ2v) is 3.99. The molecule has 0 spiro atoms. The van der Waals surface area contributed by atoms with E-state index >= 15 is 0 Å². The van der Waals surface area contributed by atoms with E-state index in [-0.39, 0.29) is 11.9 Å². The maximum atomic E-state index is 11.7. The molecule has 1 aromatic rings. The van der Waals surface area contributed by atoms with Crippen LogP contribution in [0.5, 0.6) is 0 Å². The average Bonchev–Trinajstić information content (AvgIpc) is 2.37. The molecule has 1 aromatic heterocycles. The number of hydrogen-bond donors (Lipinski definition) is 1. The Balaban J connectivity index is 2.30. The predicted octanol–water partition coefficient (Wildman–Crippen LogP) is 1.56. The summed E-state index contributed by atoms with van der Waals surface area (Å²) in [4.78, 5) is 15.7. The van der Waals surface area contributed by atoms with Crippen LogP contribution in [0.15, 0.2) is 24.5 Å².